The molecule has 1 N–H and O–H groups in total. The zero-order chi connectivity index (χ0) is 26.5. The molecule has 0 aliphatic rings. The summed E-state index contributed by atoms with van der Waals surface area (Å²) in [4.78, 5) is 12.1. The average molecular weight is 476 g/mol. The van der Waals surface area contributed by atoms with Crippen LogP contribution in [0.4, 0.5) is 0 Å². The van der Waals surface area contributed by atoms with E-state index in [4.69, 9.17) is 4.74 Å². The van der Waals surface area contributed by atoms with Gasteiger partial charge in [-0.1, -0.05) is 89.7 Å². The van der Waals surface area contributed by atoms with E-state index in [1.54, 1.807) is 7.11 Å². The van der Waals surface area contributed by atoms with Crippen molar-refractivity contribution in [2.45, 2.75) is 67.9 Å². The zero-order valence-electron chi connectivity index (χ0n) is 23.1. The van der Waals surface area contributed by atoms with Crippen molar-refractivity contribution in [3.63, 3.8) is 0 Å². The summed E-state index contributed by atoms with van der Waals surface area (Å²) >= 11 is 0. The van der Waals surface area contributed by atoms with Gasteiger partial charge in [0.15, 0.2) is 5.78 Å². The van der Waals surface area contributed by atoms with Gasteiger partial charge in [0.05, 0.1) is 12.7 Å². The van der Waals surface area contributed by atoms with Gasteiger partial charge in [0, 0.05) is 25.1 Å². The maximum Gasteiger partial charge on any atom is 0.166 e. The molecule has 0 heterocycles. The second kappa shape index (κ2) is 14.8. The normalized spacial score (nSPS) is 10.7. The van der Waals surface area contributed by atoms with E-state index < -0.39 is 0 Å². The molecule has 190 valence electrons. The number of aryl methyl sites for hydroxylation is 2. The molecule has 3 aromatic rings. The predicted octanol–water partition coefficient (Wildman–Crippen LogP) is 9.19. The van der Waals surface area contributed by atoms with E-state index in [2.05, 4.69) is 75.1 Å². The predicted molar refractivity (Wildman–Crippen MR) is 154 cm³/mol. The highest BCUT2D eigenvalue weighted by atomic mass is 16.5. The molecule has 3 heteroatoms. The topological polar surface area (TPSA) is 38.3 Å². The van der Waals surface area contributed by atoms with Crippen LogP contribution in [0.3, 0.4) is 0 Å². The Kier molecular flexibility index (Phi) is 12.6. The van der Waals surface area contributed by atoms with Crippen molar-refractivity contribution in [1.29, 1.82) is 0 Å². The Labute approximate surface area is 214 Å². The molecule has 0 spiro atoms. The maximum atomic E-state index is 12.1. The number of carbonyl (C=O) groups excluding carboxylic acids is 1. The van der Waals surface area contributed by atoms with Crippen molar-refractivity contribution in [3.05, 3.63) is 95.1 Å². The van der Waals surface area contributed by atoms with E-state index in [-0.39, 0.29) is 13.3 Å². The Bertz CT molecular complexity index is 1120. The van der Waals surface area contributed by atoms with Crippen LogP contribution in [0.15, 0.2) is 67.2 Å². The first-order chi connectivity index (χ1) is 16.8. The zero-order valence-corrected chi connectivity index (χ0v) is 23.1. The molecule has 0 aliphatic carbocycles. The summed E-state index contributed by atoms with van der Waals surface area (Å²) in [5.74, 6) is 0.651. The maximum absolute atomic E-state index is 12.1. The second-order valence-electron chi connectivity index (χ2n) is 7.93. The smallest absolute Gasteiger partial charge is 0.166 e. The van der Waals surface area contributed by atoms with Gasteiger partial charge in [-0.2, -0.15) is 0 Å². The molecule has 0 aromatic heterocycles. The Balaban J connectivity index is 0.00000233. The van der Waals surface area contributed by atoms with Crippen LogP contribution < -0.4 is 10.1 Å². The lowest BCUT2D eigenvalue weighted by Gasteiger charge is -2.20. The number of hydrogen-bond donors (Lipinski definition) is 1. The van der Waals surface area contributed by atoms with E-state index in [1.807, 2.05) is 52.8 Å². The standard InChI is InChI=1S/C28H31NO2.2C2H6.H2/c1-7-27(30)26-15-13-23(17-28(26)31-6)21(5)29-20(4)22-12-14-25(19(3)16-22)24-11-9-8-10-18(24)2;2*1-2;/h8-17,20,29H,5,7H2,1-4,6H3;2*1-2H3;1H. The van der Waals surface area contributed by atoms with Crippen LogP contribution in [-0.4, -0.2) is 12.9 Å². The largest absolute Gasteiger partial charge is 0.496 e. The molecule has 0 aliphatic heterocycles. The number of Topliss-reactive ketones (excluding diaryl/α,β-unsaturated/α-hetero) is 1. The van der Waals surface area contributed by atoms with Crippen LogP contribution in [0.2, 0.25) is 0 Å². The number of benzene rings is 3. The van der Waals surface area contributed by atoms with Crippen LogP contribution in [-0.2, 0) is 0 Å². The summed E-state index contributed by atoms with van der Waals surface area (Å²) in [6.07, 6.45) is 0.448. The third kappa shape index (κ3) is 7.58. The van der Waals surface area contributed by atoms with Crippen LogP contribution in [0.5, 0.6) is 5.75 Å². The van der Waals surface area contributed by atoms with Crippen molar-refractivity contribution in [2.75, 3.05) is 7.11 Å². The lowest BCUT2D eigenvalue weighted by atomic mass is 9.93. The Hall–Kier alpha value is -3.33. The number of methoxy groups -OCH3 is 1. The van der Waals surface area contributed by atoms with Crippen LogP contribution in [0.1, 0.15) is 88.0 Å². The van der Waals surface area contributed by atoms with E-state index >= 15 is 0 Å². The van der Waals surface area contributed by atoms with Gasteiger partial charge < -0.3 is 10.1 Å². The average Bonchev–Trinajstić information content (AvgIpc) is 2.90. The highest BCUT2D eigenvalue weighted by Crippen LogP contribution is 2.30. The fourth-order valence-corrected chi connectivity index (χ4v) is 3.86. The van der Waals surface area contributed by atoms with Gasteiger partial charge in [-0.25, -0.2) is 0 Å². The monoisotopic (exact) mass is 475 g/mol. The first kappa shape index (κ1) is 29.7. The van der Waals surface area contributed by atoms with Crippen molar-refractivity contribution >= 4 is 11.5 Å². The third-order valence-electron chi connectivity index (χ3n) is 5.75. The Morgan fingerprint density at radius 3 is 2.14 bits per heavy atom. The molecular formula is C32H45NO2. The molecule has 0 fully saturated rings. The number of nitrogens with one attached hydrogen (secondary N) is 1. The SMILES string of the molecule is C=C(NC(C)c1ccc(-c2ccccc2C)c(C)c1)c1ccc(C(=O)CC)c(OC)c1.CC.CC.[HH]. The lowest BCUT2D eigenvalue weighted by Crippen LogP contribution is -2.17. The highest BCUT2D eigenvalue weighted by Gasteiger charge is 2.14. The molecule has 0 amide bonds. The fraction of sp³-hybridized carbons (Fsp3) is 0.344. The van der Waals surface area contributed by atoms with E-state index in [0.29, 0.717) is 17.7 Å². The van der Waals surface area contributed by atoms with Gasteiger partial charge in [-0.3, -0.25) is 4.79 Å². The second-order valence-corrected chi connectivity index (χ2v) is 7.93. The minimum absolute atomic E-state index is 0. The molecule has 1 atom stereocenters. The van der Waals surface area contributed by atoms with Crippen LogP contribution >= 0.6 is 0 Å². The van der Waals surface area contributed by atoms with Crippen molar-refractivity contribution < 1.29 is 11.0 Å². The number of hydrogen-bond acceptors (Lipinski definition) is 3. The van der Waals surface area contributed by atoms with Crippen molar-refractivity contribution in [2.24, 2.45) is 0 Å². The van der Waals surface area contributed by atoms with Gasteiger partial charge in [-0.05, 0) is 60.7 Å². The Morgan fingerprint density at radius 1 is 0.943 bits per heavy atom. The molecule has 0 saturated carbocycles. The number of carbonyl (C=O) groups is 1. The first-order valence-electron chi connectivity index (χ1n) is 12.7. The summed E-state index contributed by atoms with van der Waals surface area (Å²) < 4.78 is 5.44. The fourth-order valence-electron chi connectivity index (χ4n) is 3.86. The molecule has 3 aromatic carbocycles. The van der Waals surface area contributed by atoms with Gasteiger partial charge in [0.2, 0.25) is 0 Å². The van der Waals surface area contributed by atoms with Gasteiger partial charge >= 0.3 is 0 Å². The Morgan fingerprint density at radius 2 is 1.57 bits per heavy atom. The van der Waals surface area contributed by atoms with Crippen LogP contribution in [0, 0.1) is 13.8 Å². The molecule has 3 rings (SSSR count). The lowest BCUT2D eigenvalue weighted by molar-refractivity contribution is 0.0985. The minimum Gasteiger partial charge on any atom is -0.496 e. The summed E-state index contributed by atoms with van der Waals surface area (Å²) in [5, 5.41) is 3.49. The molecule has 0 bridgehead atoms. The number of rotatable bonds is 8. The van der Waals surface area contributed by atoms with Gasteiger partial charge in [0.25, 0.3) is 0 Å². The number of ether oxygens (including phenoxy) is 1. The summed E-state index contributed by atoms with van der Waals surface area (Å²) in [6, 6.07) is 20.8. The van der Waals surface area contributed by atoms with Gasteiger partial charge in [0.1, 0.15) is 5.75 Å². The quantitative estimate of drug-likeness (QED) is 0.330. The van der Waals surface area contributed by atoms with E-state index in [0.717, 1.165) is 11.3 Å². The molecule has 1 unspecified atom stereocenters. The number of ketones is 1. The summed E-state index contributed by atoms with van der Waals surface area (Å²) in [5.41, 5.74) is 8.55. The first-order valence-corrected chi connectivity index (χ1v) is 12.7. The van der Waals surface area contributed by atoms with E-state index in [9.17, 15) is 4.79 Å². The molecule has 0 radical (unpaired) electrons. The van der Waals surface area contributed by atoms with Crippen molar-refractivity contribution in [1.82, 2.24) is 5.32 Å². The van der Waals surface area contributed by atoms with Crippen LogP contribution in [0.25, 0.3) is 16.8 Å². The minimum atomic E-state index is 0. The summed E-state index contributed by atoms with van der Waals surface area (Å²) in [7, 11) is 1.59. The molecule has 35 heavy (non-hydrogen) atoms. The molecule has 0 saturated heterocycles. The third-order valence-corrected chi connectivity index (χ3v) is 5.75. The van der Waals surface area contributed by atoms with E-state index in [1.165, 1.54) is 27.8 Å². The molecular weight excluding hydrogens is 430 g/mol. The molecule has 3 nitrogen and oxygen atoms in total. The summed E-state index contributed by atoms with van der Waals surface area (Å²) in [6.45, 7) is 20.5. The van der Waals surface area contributed by atoms with Crippen molar-refractivity contribution in [3.8, 4) is 16.9 Å². The highest BCUT2D eigenvalue weighted by molar-refractivity contribution is 5.98. The van der Waals surface area contributed by atoms with Gasteiger partial charge in [-0.15, -0.1) is 0 Å².